The van der Waals surface area contributed by atoms with Crippen molar-refractivity contribution in [3.63, 3.8) is 0 Å². The lowest BCUT2D eigenvalue weighted by Gasteiger charge is -2.40. The molecule has 0 unspecified atom stereocenters. The topological polar surface area (TPSA) is 47.1 Å². The van der Waals surface area contributed by atoms with Gasteiger partial charge in [-0.15, -0.1) is 0 Å². The molecule has 4 heteroatoms. The third-order valence-electron chi connectivity index (χ3n) is 6.22. The summed E-state index contributed by atoms with van der Waals surface area (Å²) in [4.78, 5) is 6.99. The summed E-state index contributed by atoms with van der Waals surface area (Å²) >= 11 is 0. The van der Waals surface area contributed by atoms with Gasteiger partial charge >= 0.3 is 0 Å². The molecule has 0 radical (unpaired) electrons. The lowest BCUT2D eigenvalue weighted by atomic mass is 9.81. The van der Waals surface area contributed by atoms with Gasteiger partial charge in [0, 0.05) is 49.1 Å². The van der Waals surface area contributed by atoms with E-state index in [1.165, 1.54) is 22.2 Å². The molecule has 0 aliphatic carbocycles. The quantitative estimate of drug-likeness (QED) is 0.736. The summed E-state index contributed by atoms with van der Waals surface area (Å²) in [5.74, 6) is 0. The van der Waals surface area contributed by atoms with Crippen LogP contribution in [-0.2, 0) is 18.9 Å². The van der Waals surface area contributed by atoms with E-state index in [1.807, 2.05) is 13.2 Å². The predicted octanol–water partition coefficient (Wildman–Crippen LogP) is 4.41. The molecular formula is C24H32N4. The number of nitrogens with two attached hydrogens (primary N) is 1. The molecule has 3 heterocycles. The van der Waals surface area contributed by atoms with Crippen molar-refractivity contribution in [1.29, 1.82) is 0 Å². The number of hydrogen-bond donors (Lipinski definition) is 1. The zero-order valence-electron chi connectivity index (χ0n) is 17.6. The number of hydrogen-bond acceptors (Lipinski definition) is 3. The second kappa shape index (κ2) is 6.93. The van der Waals surface area contributed by atoms with Crippen LogP contribution in [0.5, 0.6) is 0 Å². The van der Waals surface area contributed by atoms with Crippen molar-refractivity contribution in [2.75, 3.05) is 18.0 Å². The average molecular weight is 377 g/mol. The minimum atomic E-state index is -0.122. The molecule has 0 bridgehead atoms. The fourth-order valence-electron chi connectivity index (χ4n) is 4.32. The molecule has 1 aromatic carbocycles. The highest BCUT2D eigenvalue weighted by atomic mass is 15.2. The summed E-state index contributed by atoms with van der Waals surface area (Å²) in [6, 6.07) is 13.3. The van der Waals surface area contributed by atoms with Crippen LogP contribution in [0, 0.1) is 0 Å². The monoisotopic (exact) mass is 376 g/mol. The van der Waals surface area contributed by atoms with Gasteiger partial charge in [0.2, 0.25) is 0 Å². The van der Waals surface area contributed by atoms with Crippen molar-refractivity contribution in [3.05, 3.63) is 59.9 Å². The highest BCUT2D eigenvalue weighted by molar-refractivity contribution is 5.90. The molecule has 0 saturated carbocycles. The van der Waals surface area contributed by atoms with E-state index in [4.69, 9.17) is 5.73 Å². The molecule has 0 spiro atoms. The van der Waals surface area contributed by atoms with E-state index >= 15 is 0 Å². The molecule has 1 aliphatic rings. The Kier molecular flexibility index (Phi) is 4.70. The van der Waals surface area contributed by atoms with Crippen molar-refractivity contribution >= 4 is 16.7 Å². The normalized spacial score (nSPS) is 17.2. The number of pyridine rings is 1. The van der Waals surface area contributed by atoms with Gasteiger partial charge in [0.25, 0.3) is 0 Å². The Labute approximate surface area is 168 Å². The molecule has 4 rings (SSSR count). The van der Waals surface area contributed by atoms with Crippen LogP contribution in [0.4, 0.5) is 5.69 Å². The van der Waals surface area contributed by atoms with Gasteiger partial charge in [-0.2, -0.15) is 0 Å². The number of piperidine rings is 1. The van der Waals surface area contributed by atoms with Crippen molar-refractivity contribution in [3.8, 4) is 0 Å². The lowest BCUT2D eigenvalue weighted by Crippen LogP contribution is -2.52. The highest BCUT2D eigenvalue weighted by Gasteiger charge is 2.31. The molecule has 148 valence electrons. The number of aromatic nitrogens is 2. The first-order chi connectivity index (χ1) is 13.3. The molecule has 0 atom stereocenters. The van der Waals surface area contributed by atoms with Gasteiger partial charge in [-0.3, -0.25) is 0 Å². The van der Waals surface area contributed by atoms with Crippen molar-refractivity contribution in [2.24, 2.45) is 12.8 Å². The van der Waals surface area contributed by atoms with E-state index < -0.39 is 0 Å². The summed E-state index contributed by atoms with van der Waals surface area (Å²) in [5, 5.41) is 1.23. The summed E-state index contributed by atoms with van der Waals surface area (Å²) in [7, 11) is 2.05. The molecule has 1 fully saturated rings. The average Bonchev–Trinajstić information content (AvgIpc) is 3.03. The van der Waals surface area contributed by atoms with Crippen molar-refractivity contribution in [2.45, 2.75) is 51.0 Å². The Bertz CT molecular complexity index is 954. The Hall–Kier alpha value is -2.33. The zero-order chi connectivity index (χ0) is 19.9. The number of anilines is 1. The van der Waals surface area contributed by atoms with Crippen LogP contribution < -0.4 is 10.6 Å². The second-order valence-corrected chi connectivity index (χ2v) is 9.47. The molecular weight excluding hydrogens is 344 g/mol. The molecule has 2 N–H and O–H groups in total. The van der Waals surface area contributed by atoms with E-state index in [9.17, 15) is 0 Å². The van der Waals surface area contributed by atoms with E-state index in [0.717, 1.165) is 38.0 Å². The molecule has 28 heavy (non-hydrogen) atoms. The minimum Gasteiger partial charge on any atom is -0.371 e. The smallest absolute Gasteiger partial charge is 0.141 e. The van der Waals surface area contributed by atoms with Crippen LogP contribution >= 0.6 is 0 Å². The van der Waals surface area contributed by atoms with E-state index in [-0.39, 0.29) is 11.0 Å². The van der Waals surface area contributed by atoms with Gasteiger partial charge in [-0.25, -0.2) is 4.98 Å². The van der Waals surface area contributed by atoms with E-state index in [0.29, 0.717) is 0 Å². The minimum absolute atomic E-state index is 0.122. The highest BCUT2D eigenvalue weighted by Crippen LogP contribution is 2.32. The third kappa shape index (κ3) is 3.66. The van der Waals surface area contributed by atoms with Gasteiger partial charge in [-0.1, -0.05) is 45.0 Å². The van der Waals surface area contributed by atoms with Crippen molar-refractivity contribution < 1.29 is 0 Å². The maximum Gasteiger partial charge on any atom is 0.141 e. The maximum absolute atomic E-state index is 6.83. The molecule has 1 saturated heterocycles. The van der Waals surface area contributed by atoms with Crippen LogP contribution in [0.2, 0.25) is 0 Å². The first kappa shape index (κ1) is 19.0. The standard InChI is InChI=1S/C24H32N4/c1-23(2,3)19-7-5-18(6-8-19)17-24(25)11-15-28(16-12-24)21-9-13-26-22-20(21)10-14-27(22)4/h5-10,13-14H,11-12,15-17,25H2,1-4H3. The van der Waals surface area contributed by atoms with Crippen LogP contribution in [0.3, 0.4) is 0 Å². The third-order valence-corrected chi connectivity index (χ3v) is 6.22. The number of nitrogens with zero attached hydrogens (tertiary/aromatic N) is 3. The summed E-state index contributed by atoms with van der Waals surface area (Å²) in [6.45, 7) is 8.75. The van der Waals surface area contributed by atoms with Gasteiger partial charge in [0.05, 0.1) is 0 Å². The fourth-order valence-corrected chi connectivity index (χ4v) is 4.32. The summed E-state index contributed by atoms with van der Waals surface area (Å²) in [5.41, 5.74) is 11.9. The molecule has 3 aromatic rings. The fraction of sp³-hybridized carbons (Fsp3) is 0.458. The first-order valence-electron chi connectivity index (χ1n) is 10.3. The molecule has 2 aromatic heterocycles. The Morgan fingerprint density at radius 1 is 1.04 bits per heavy atom. The summed E-state index contributed by atoms with van der Waals surface area (Å²) < 4.78 is 2.08. The van der Waals surface area contributed by atoms with Crippen LogP contribution in [-0.4, -0.2) is 28.2 Å². The van der Waals surface area contributed by atoms with E-state index in [2.05, 4.69) is 77.8 Å². The van der Waals surface area contributed by atoms with Crippen molar-refractivity contribution in [1.82, 2.24) is 9.55 Å². The SMILES string of the molecule is Cn1ccc2c(N3CCC(N)(Cc4ccc(C(C)(C)C)cc4)CC3)ccnc21. The van der Waals surface area contributed by atoms with Gasteiger partial charge < -0.3 is 15.2 Å². The molecule has 1 aliphatic heterocycles. The van der Waals surface area contributed by atoms with Gasteiger partial charge in [0.1, 0.15) is 5.65 Å². The van der Waals surface area contributed by atoms with E-state index in [1.54, 1.807) is 0 Å². The second-order valence-electron chi connectivity index (χ2n) is 9.47. The molecule has 0 amide bonds. The molecule has 4 nitrogen and oxygen atoms in total. The number of aryl methyl sites for hydroxylation is 1. The Morgan fingerprint density at radius 3 is 2.36 bits per heavy atom. The largest absolute Gasteiger partial charge is 0.371 e. The Balaban J connectivity index is 1.45. The van der Waals surface area contributed by atoms with Gasteiger partial charge in [0.15, 0.2) is 0 Å². The number of rotatable bonds is 3. The van der Waals surface area contributed by atoms with Gasteiger partial charge in [-0.05, 0) is 47.9 Å². The number of benzene rings is 1. The Morgan fingerprint density at radius 2 is 1.71 bits per heavy atom. The van der Waals surface area contributed by atoms with Crippen LogP contribution in [0.1, 0.15) is 44.7 Å². The number of fused-ring (bicyclic) bond motifs is 1. The first-order valence-corrected chi connectivity index (χ1v) is 10.3. The maximum atomic E-state index is 6.83. The summed E-state index contributed by atoms with van der Waals surface area (Å²) in [6.07, 6.45) is 6.95. The lowest BCUT2D eigenvalue weighted by molar-refractivity contribution is 0.331. The van der Waals surface area contributed by atoms with Crippen LogP contribution in [0.25, 0.3) is 11.0 Å². The predicted molar refractivity (Wildman–Crippen MR) is 118 cm³/mol. The zero-order valence-corrected chi connectivity index (χ0v) is 17.6. The van der Waals surface area contributed by atoms with Crippen LogP contribution in [0.15, 0.2) is 48.8 Å².